The van der Waals surface area contributed by atoms with Crippen molar-refractivity contribution in [3.05, 3.63) is 41.2 Å². The monoisotopic (exact) mass is 385 g/mol. The molecule has 2 heterocycles. The summed E-state index contributed by atoms with van der Waals surface area (Å²) in [6.07, 6.45) is 2.47. The van der Waals surface area contributed by atoms with Crippen molar-refractivity contribution in [1.29, 1.82) is 0 Å². The average Bonchev–Trinajstić information content (AvgIpc) is 2.87. The first-order valence-corrected chi connectivity index (χ1v) is 9.57. The van der Waals surface area contributed by atoms with E-state index in [1.54, 1.807) is 4.68 Å². The summed E-state index contributed by atoms with van der Waals surface area (Å²) in [7, 11) is 1.83. The van der Waals surface area contributed by atoms with Gasteiger partial charge in [-0.2, -0.15) is 0 Å². The predicted octanol–water partition coefficient (Wildman–Crippen LogP) is 1.90. The smallest absolute Gasteiger partial charge is 0.317 e. The van der Waals surface area contributed by atoms with Crippen molar-refractivity contribution in [2.45, 2.75) is 39.2 Å². The maximum atomic E-state index is 13.0. The predicted molar refractivity (Wildman–Crippen MR) is 105 cm³/mol. The van der Waals surface area contributed by atoms with Gasteiger partial charge in [0, 0.05) is 19.1 Å². The fraction of sp³-hybridized carbons (Fsp3) is 0.500. The van der Waals surface area contributed by atoms with Crippen LogP contribution in [-0.4, -0.2) is 74.5 Å². The molecule has 0 saturated carbocycles. The van der Waals surface area contributed by atoms with Crippen LogP contribution >= 0.6 is 0 Å². The number of carbonyl (C=O) groups is 2. The number of nitrogens with zero attached hydrogens (tertiary/aromatic N) is 5. The van der Waals surface area contributed by atoms with Crippen LogP contribution in [0.25, 0.3) is 5.69 Å². The lowest BCUT2D eigenvalue weighted by molar-refractivity contribution is -0.138. The van der Waals surface area contributed by atoms with Crippen LogP contribution in [0.4, 0.5) is 0 Å². The molecule has 1 aliphatic rings. The molecule has 1 unspecified atom stereocenters. The van der Waals surface area contributed by atoms with E-state index in [2.05, 4.69) is 10.3 Å². The Kier molecular flexibility index (Phi) is 6.08. The van der Waals surface area contributed by atoms with E-state index < -0.39 is 5.97 Å². The quantitative estimate of drug-likeness (QED) is 0.845. The number of rotatable bonds is 5. The van der Waals surface area contributed by atoms with Crippen molar-refractivity contribution in [3.8, 4) is 5.69 Å². The maximum Gasteiger partial charge on any atom is 0.317 e. The minimum absolute atomic E-state index is 0.0164. The standard InChI is InChI=1S/C20H27N5O3/c1-14-6-4-7-17(12-14)25-15(2)19(21-22-25)20(28)24-10-5-8-16(9-11-24)23(3)13-18(26)27/h4,6-7,12,16H,5,8-11,13H2,1-3H3,(H,26,27). The maximum absolute atomic E-state index is 13.0. The number of carboxylic acid groups (broad SMARTS) is 1. The zero-order valence-corrected chi connectivity index (χ0v) is 16.6. The van der Waals surface area contributed by atoms with Crippen molar-refractivity contribution in [2.24, 2.45) is 0 Å². The minimum atomic E-state index is -0.830. The summed E-state index contributed by atoms with van der Waals surface area (Å²) in [6.45, 7) is 5.12. The third kappa shape index (κ3) is 4.39. The third-order valence-electron chi connectivity index (χ3n) is 5.34. The Morgan fingerprint density at radius 1 is 1.25 bits per heavy atom. The summed E-state index contributed by atoms with van der Waals surface area (Å²) < 4.78 is 1.70. The summed E-state index contributed by atoms with van der Waals surface area (Å²) in [6, 6.07) is 8.08. The molecule has 8 nitrogen and oxygen atoms in total. The number of benzene rings is 1. The summed E-state index contributed by atoms with van der Waals surface area (Å²) in [5.74, 6) is -0.944. The summed E-state index contributed by atoms with van der Waals surface area (Å²) in [4.78, 5) is 27.7. The second kappa shape index (κ2) is 8.52. The summed E-state index contributed by atoms with van der Waals surface area (Å²) in [5.41, 5.74) is 3.10. The van der Waals surface area contributed by atoms with Crippen LogP contribution in [0.15, 0.2) is 24.3 Å². The number of likely N-dealkylation sites (N-methyl/N-ethyl adjacent to an activating group) is 1. The van der Waals surface area contributed by atoms with E-state index in [4.69, 9.17) is 5.11 Å². The molecule has 1 atom stereocenters. The number of hydrogen-bond acceptors (Lipinski definition) is 5. The van der Waals surface area contributed by atoms with Gasteiger partial charge in [0.2, 0.25) is 0 Å². The Morgan fingerprint density at radius 2 is 2.04 bits per heavy atom. The van der Waals surface area contributed by atoms with Crippen molar-refractivity contribution < 1.29 is 14.7 Å². The molecule has 28 heavy (non-hydrogen) atoms. The second-order valence-corrected chi connectivity index (χ2v) is 7.46. The van der Waals surface area contributed by atoms with Gasteiger partial charge in [0.25, 0.3) is 5.91 Å². The van der Waals surface area contributed by atoms with Crippen molar-refractivity contribution in [2.75, 3.05) is 26.7 Å². The molecule has 1 fully saturated rings. The van der Waals surface area contributed by atoms with Crippen molar-refractivity contribution in [3.63, 3.8) is 0 Å². The molecule has 150 valence electrons. The van der Waals surface area contributed by atoms with E-state index in [1.807, 2.05) is 55.0 Å². The van der Waals surface area contributed by atoms with Crippen LogP contribution in [-0.2, 0) is 4.79 Å². The highest BCUT2D eigenvalue weighted by atomic mass is 16.4. The zero-order valence-electron chi connectivity index (χ0n) is 16.6. The van der Waals surface area contributed by atoms with Crippen LogP contribution in [0.2, 0.25) is 0 Å². The molecule has 1 aromatic carbocycles. The molecule has 1 aliphatic heterocycles. The Morgan fingerprint density at radius 3 is 2.75 bits per heavy atom. The van der Waals surface area contributed by atoms with Gasteiger partial charge in [-0.3, -0.25) is 14.5 Å². The summed E-state index contributed by atoms with van der Waals surface area (Å²) in [5, 5.41) is 17.3. The topological polar surface area (TPSA) is 91.6 Å². The SMILES string of the molecule is Cc1cccc(-n2nnc(C(=O)N3CCCC(N(C)CC(=O)O)CC3)c2C)c1. The Hall–Kier alpha value is -2.74. The van der Waals surface area contributed by atoms with E-state index >= 15 is 0 Å². The van der Waals surface area contributed by atoms with Crippen molar-refractivity contribution >= 4 is 11.9 Å². The first-order chi connectivity index (χ1) is 13.4. The number of aliphatic carboxylic acids is 1. The second-order valence-electron chi connectivity index (χ2n) is 7.46. The van der Waals surface area contributed by atoms with Gasteiger partial charge in [-0.1, -0.05) is 17.3 Å². The van der Waals surface area contributed by atoms with Gasteiger partial charge in [-0.25, -0.2) is 4.68 Å². The van der Waals surface area contributed by atoms with E-state index in [1.165, 1.54) is 0 Å². The lowest BCUT2D eigenvalue weighted by atomic mass is 10.1. The molecule has 1 amide bonds. The number of carboxylic acids is 1. The van der Waals surface area contributed by atoms with E-state index in [0.29, 0.717) is 18.8 Å². The molecule has 1 N–H and O–H groups in total. The van der Waals surface area contributed by atoms with Crippen LogP contribution in [0.3, 0.4) is 0 Å². The average molecular weight is 385 g/mol. The Bertz CT molecular complexity index is 863. The molecule has 2 aromatic rings. The van der Waals surface area contributed by atoms with Gasteiger partial charge in [-0.05, 0) is 57.9 Å². The number of carbonyl (C=O) groups excluding carboxylic acids is 1. The van der Waals surface area contributed by atoms with Crippen molar-refractivity contribution in [1.82, 2.24) is 24.8 Å². The fourth-order valence-corrected chi connectivity index (χ4v) is 3.75. The van der Waals surface area contributed by atoms with Gasteiger partial charge in [-0.15, -0.1) is 5.10 Å². The molecule has 1 saturated heterocycles. The molecule has 0 aliphatic carbocycles. The number of likely N-dealkylation sites (tertiary alicyclic amines) is 1. The molecular weight excluding hydrogens is 358 g/mol. The third-order valence-corrected chi connectivity index (χ3v) is 5.34. The first-order valence-electron chi connectivity index (χ1n) is 9.57. The summed E-state index contributed by atoms with van der Waals surface area (Å²) >= 11 is 0. The van der Waals surface area contributed by atoms with Gasteiger partial charge in [0.05, 0.1) is 17.9 Å². The number of amides is 1. The molecule has 3 rings (SSSR count). The number of aromatic nitrogens is 3. The molecule has 8 heteroatoms. The number of hydrogen-bond donors (Lipinski definition) is 1. The van der Waals surface area contributed by atoms with E-state index in [0.717, 1.165) is 36.2 Å². The zero-order chi connectivity index (χ0) is 20.3. The van der Waals surface area contributed by atoms with Gasteiger partial charge < -0.3 is 10.0 Å². The van der Waals surface area contributed by atoms with Crippen LogP contribution in [0, 0.1) is 13.8 Å². The van der Waals surface area contributed by atoms with Crippen LogP contribution < -0.4 is 0 Å². The highest BCUT2D eigenvalue weighted by Gasteiger charge is 2.27. The normalized spacial score (nSPS) is 17.6. The van der Waals surface area contributed by atoms with E-state index in [9.17, 15) is 9.59 Å². The first kappa shape index (κ1) is 20.0. The van der Waals surface area contributed by atoms with Gasteiger partial charge >= 0.3 is 5.97 Å². The Labute approximate surface area is 164 Å². The largest absolute Gasteiger partial charge is 0.480 e. The Balaban J connectivity index is 1.72. The lowest BCUT2D eigenvalue weighted by Crippen LogP contribution is -2.37. The highest BCUT2D eigenvalue weighted by Crippen LogP contribution is 2.19. The number of aryl methyl sites for hydroxylation is 1. The molecule has 1 aromatic heterocycles. The van der Waals surface area contributed by atoms with Gasteiger partial charge in [0.15, 0.2) is 5.69 Å². The molecule has 0 spiro atoms. The fourth-order valence-electron chi connectivity index (χ4n) is 3.75. The minimum Gasteiger partial charge on any atom is -0.480 e. The van der Waals surface area contributed by atoms with Gasteiger partial charge in [0.1, 0.15) is 0 Å². The lowest BCUT2D eigenvalue weighted by Gasteiger charge is -2.25. The van der Waals surface area contributed by atoms with Crippen LogP contribution in [0.1, 0.15) is 41.0 Å². The molecule has 0 radical (unpaired) electrons. The molecular formula is C20H27N5O3. The highest BCUT2D eigenvalue weighted by molar-refractivity contribution is 5.93. The van der Waals surface area contributed by atoms with E-state index in [-0.39, 0.29) is 18.5 Å². The molecule has 0 bridgehead atoms. The van der Waals surface area contributed by atoms with Crippen LogP contribution in [0.5, 0.6) is 0 Å².